The van der Waals surface area contributed by atoms with Crippen LogP contribution in [0.5, 0.6) is 5.88 Å². The average molecular weight is 700 g/mol. The summed E-state index contributed by atoms with van der Waals surface area (Å²) >= 11 is 7.03. The highest BCUT2D eigenvalue weighted by atomic mass is 35.5. The van der Waals surface area contributed by atoms with E-state index in [1.54, 1.807) is 13.2 Å². The van der Waals surface area contributed by atoms with Crippen molar-refractivity contribution in [3.8, 4) is 28.3 Å². The Bertz CT molecular complexity index is 2200. The lowest BCUT2D eigenvalue weighted by molar-refractivity contribution is -0.120. The number of alkyl halides is 2. The summed E-state index contributed by atoms with van der Waals surface area (Å²) < 4.78 is 34.1. The lowest BCUT2D eigenvalue weighted by Gasteiger charge is -2.38. The average Bonchev–Trinajstić information content (AvgIpc) is 3.74. The summed E-state index contributed by atoms with van der Waals surface area (Å²) in [5.74, 6) is 0.887. The first kappa shape index (κ1) is 33.6. The summed E-state index contributed by atoms with van der Waals surface area (Å²) in [5, 5.41) is 14.2. The Kier molecular flexibility index (Phi) is 9.00. The van der Waals surface area contributed by atoms with Gasteiger partial charge >= 0.3 is 0 Å². The van der Waals surface area contributed by atoms with E-state index in [1.807, 2.05) is 37.3 Å². The molecule has 1 amide bonds. The number of nitrogens with zero attached hydrogens (tertiary/aromatic N) is 4. The minimum atomic E-state index is -2.82. The van der Waals surface area contributed by atoms with E-state index in [9.17, 15) is 18.4 Å². The van der Waals surface area contributed by atoms with E-state index < -0.39 is 17.7 Å². The van der Waals surface area contributed by atoms with Crippen LogP contribution in [-0.4, -0.2) is 51.4 Å². The molecule has 5 aromatic rings. The Morgan fingerprint density at radius 3 is 2.46 bits per heavy atom. The molecule has 3 aliphatic rings. The van der Waals surface area contributed by atoms with Gasteiger partial charge in [0.1, 0.15) is 11.5 Å². The number of methoxy groups -OCH3 is 1. The van der Waals surface area contributed by atoms with Gasteiger partial charge in [-0.25, -0.2) is 23.4 Å². The van der Waals surface area contributed by atoms with Crippen LogP contribution in [0.3, 0.4) is 0 Å². The smallest absolute Gasteiger partial charge is 0.280 e. The number of hydrogen-bond acceptors (Lipinski definition) is 8. The van der Waals surface area contributed by atoms with E-state index in [1.165, 1.54) is 24.9 Å². The molecule has 3 aromatic heterocycles. The number of carbonyl (C=O) groups excluding carboxylic acids is 1. The lowest BCUT2D eigenvalue weighted by atomic mass is 9.91. The largest absolute Gasteiger partial charge is 0.481 e. The lowest BCUT2D eigenvalue weighted by Crippen LogP contribution is -2.65. The fourth-order valence-corrected chi connectivity index (χ4v) is 7.25. The standard InChI is InChI=1S/C31H26ClF2N5O2.C6H10N2O/c1-16-19(21-10-5-11-22(27(21)32)24-13-17-7-4-9-20(17)30(38-24)41-3)8-6-12-23(16)36-29-26-18(14-25(37-29)28(33)34)15-35-39(2)31(26)40;9-5-1-2-6(8-5)3-7-4-6/h5-6,8,10-15,28H,4,7,9H2,1-3H3,(H,36,37);7H,1-4H2,(H,8,9). The van der Waals surface area contributed by atoms with Crippen molar-refractivity contribution in [3.05, 3.63) is 92.5 Å². The Morgan fingerprint density at radius 2 is 1.78 bits per heavy atom. The Labute approximate surface area is 292 Å². The molecule has 0 radical (unpaired) electrons. The van der Waals surface area contributed by atoms with Gasteiger partial charge in [0, 0.05) is 54.3 Å². The molecule has 2 aliphatic heterocycles. The number of aromatic nitrogens is 4. The van der Waals surface area contributed by atoms with Crippen LogP contribution in [0.1, 0.15) is 48.1 Å². The summed E-state index contributed by atoms with van der Waals surface area (Å²) in [7, 11) is 3.13. The predicted molar refractivity (Wildman–Crippen MR) is 189 cm³/mol. The number of aryl methyl sites for hydroxylation is 2. The first-order valence-corrected chi connectivity index (χ1v) is 16.8. The first-order chi connectivity index (χ1) is 24.1. The third-order valence-corrected chi connectivity index (χ3v) is 10.1. The second-order valence-electron chi connectivity index (χ2n) is 12.9. The zero-order chi connectivity index (χ0) is 35.2. The molecule has 258 valence electrons. The maximum absolute atomic E-state index is 13.7. The van der Waals surface area contributed by atoms with Gasteiger partial charge in [-0.15, -0.1) is 0 Å². The minimum Gasteiger partial charge on any atom is -0.481 e. The van der Waals surface area contributed by atoms with E-state index in [-0.39, 0.29) is 28.0 Å². The highest BCUT2D eigenvalue weighted by molar-refractivity contribution is 6.36. The molecule has 0 atom stereocenters. The van der Waals surface area contributed by atoms with Crippen LogP contribution in [0.15, 0.2) is 59.5 Å². The summed E-state index contributed by atoms with van der Waals surface area (Å²) in [5.41, 5.74) is 6.20. The van der Waals surface area contributed by atoms with Gasteiger partial charge in [0.15, 0.2) is 0 Å². The van der Waals surface area contributed by atoms with Crippen molar-refractivity contribution in [1.29, 1.82) is 0 Å². The molecule has 0 bridgehead atoms. The zero-order valence-electron chi connectivity index (χ0n) is 27.9. The maximum atomic E-state index is 13.7. The van der Waals surface area contributed by atoms with Crippen molar-refractivity contribution in [3.63, 3.8) is 0 Å². The van der Waals surface area contributed by atoms with Gasteiger partial charge in [-0.05, 0) is 67.5 Å². The van der Waals surface area contributed by atoms with Gasteiger partial charge in [-0.3, -0.25) is 9.59 Å². The molecule has 2 fully saturated rings. The predicted octanol–water partition coefficient (Wildman–Crippen LogP) is 6.44. The summed E-state index contributed by atoms with van der Waals surface area (Å²) in [6.45, 7) is 3.84. The summed E-state index contributed by atoms with van der Waals surface area (Å²) in [6.07, 6.45) is 3.30. The molecular formula is C37H36ClF2N7O3. The Hall–Kier alpha value is -4.94. The normalized spacial score (nSPS) is 15.8. The molecule has 2 saturated heterocycles. The fourth-order valence-electron chi connectivity index (χ4n) is 6.92. The molecule has 0 saturated carbocycles. The number of ether oxygens (including phenoxy) is 1. The molecule has 0 unspecified atom stereocenters. The van der Waals surface area contributed by atoms with Crippen molar-refractivity contribution in [2.45, 2.75) is 51.0 Å². The van der Waals surface area contributed by atoms with Crippen LogP contribution in [0.2, 0.25) is 5.02 Å². The van der Waals surface area contributed by atoms with E-state index in [4.69, 9.17) is 21.3 Å². The quantitative estimate of drug-likeness (QED) is 0.185. The molecule has 1 spiro atoms. The molecule has 13 heteroatoms. The number of hydrogen-bond donors (Lipinski definition) is 3. The summed E-state index contributed by atoms with van der Waals surface area (Å²) in [6, 6.07) is 14.6. The molecular weight excluding hydrogens is 664 g/mol. The first-order valence-electron chi connectivity index (χ1n) is 16.5. The van der Waals surface area contributed by atoms with Crippen molar-refractivity contribution in [1.82, 2.24) is 30.4 Å². The zero-order valence-corrected chi connectivity index (χ0v) is 28.6. The molecule has 10 nitrogen and oxygen atoms in total. The number of benzene rings is 2. The number of amides is 1. The molecule has 3 N–H and O–H groups in total. The van der Waals surface area contributed by atoms with Gasteiger partial charge in [-0.1, -0.05) is 41.9 Å². The third-order valence-electron chi connectivity index (χ3n) is 9.73. The maximum Gasteiger partial charge on any atom is 0.280 e. The number of carbonyl (C=O) groups is 1. The molecule has 2 aromatic carbocycles. The second-order valence-corrected chi connectivity index (χ2v) is 13.3. The third kappa shape index (κ3) is 6.18. The minimum absolute atomic E-state index is 0.0373. The van der Waals surface area contributed by atoms with Crippen LogP contribution in [-0.2, 0) is 24.7 Å². The molecule has 5 heterocycles. The van der Waals surface area contributed by atoms with Crippen LogP contribution in [0.25, 0.3) is 33.2 Å². The molecule has 8 rings (SSSR count). The van der Waals surface area contributed by atoms with Crippen molar-refractivity contribution in [2.24, 2.45) is 7.05 Å². The number of nitrogens with one attached hydrogen (secondary N) is 3. The van der Waals surface area contributed by atoms with Crippen LogP contribution < -0.4 is 26.2 Å². The van der Waals surface area contributed by atoms with Crippen LogP contribution in [0, 0.1) is 6.92 Å². The topological polar surface area (TPSA) is 123 Å². The van der Waals surface area contributed by atoms with Gasteiger partial charge in [0.05, 0.1) is 34.9 Å². The van der Waals surface area contributed by atoms with E-state index in [0.717, 1.165) is 83.4 Å². The number of fused-ring (bicyclic) bond motifs is 2. The molecule has 1 aliphatic carbocycles. The Balaban J connectivity index is 0.000000375. The van der Waals surface area contributed by atoms with Gasteiger partial charge < -0.3 is 20.7 Å². The van der Waals surface area contributed by atoms with Gasteiger partial charge in [0.25, 0.3) is 12.0 Å². The van der Waals surface area contributed by atoms with E-state index in [0.29, 0.717) is 16.6 Å². The van der Waals surface area contributed by atoms with Crippen molar-refractivity contribution < 1.29 is 18.3 Å². The van der Waals surface area contributed by atoms with E-state index in [2.05, 4.69) is 32.1 Å². The number of pyridine rings is 2. The number of anilines is 2. The summed E-state index contributed by atoms with van der Waals surface area (Å²) in [4.78, 5) is 32.5. The SMILES string of the molecule is COc1nc(-c2cccc(-c3cccc(Nc4nc(C(F)F)cc5cnn(C)c(=O)c45)c3C)c2Cl)cc2c1CCC2.O=C1CCC2(CNC2)N1. The van der Waals surface area contributed by atoms with Gasteiger partial charge in [-0.2, -0.15) is 5.10 Å². The van der Waals surface area contributed by atoms with E-state index >= 15 is 0 Å². The highest BCUT2D eigenvalue weighted by Gasteiger charge is 2.42. The fraction of sp³-hybridized carbons (Fsp3) is 0.324. The highest BCUT2D eigenvalue weighted by Crippen LogP contribution is 2.41. The monoisotopic (exact) mass is 699 g/mol. The Morgan fingerprint density at radius 1 is 1.02 bits per heavy atom. The number of halogens is 3. The van der Waals surface area contributed by atoms with Crippen molar-refractivity contribution in [2.75, 3.05) is 25.5 Å². The number of rotatable bonds is 6. The van der Waals surface area contributed by atoms with Crippen LogP contribution >= 0.6 is 11.6 Å². The van der Waals surface area contributed by atoms with Gasteiger partial charge in [0.2, 0.25) is 11.8 Å². The second kappa shape index (κ2) is 13.4. The van der Waals surface area contributed by atoms with Crippen LogP contribution in [0.4, 0.5) is 20.3 Å². The molecule has 50 heavy (non-hydrogen) atoms. The van der Waals surface area contributed by atoms with Crippen molar-refractivity contribution >= 4 is 39.8 Å².